The topological polar surface area (TPSA) is 75.7 Å². The number of nitrogens with one attached hydrogen (secondary N) is 1. The summed E-state index contributed by atoms with van der Waals surface area (Å²) in [4.78, 5) is 12.3. The number of anilines is 1. The van der Waals surface area contributed by atoms with Crippen molar-refractivity contribution in [2.45, 2.75) is 17.7 Å². The lowest BCUT2D eigenvalue weighted by molar-refractivity contribution is -0.120. The molecule has 0 spiro atoms. The first kappa shape index (κ1) is 20.6. The van der Waals surface area contributed by atoms with Gasteiger partial charge < -0.3 is 10.1 Å². The Labute approximate surface area is 168 Å². The Bertz CT molecular complexity index is 966. The molecule has 150 valence electrons. The maximum Gasteiger partial charge on any atom is 0.246 e. The number of hydrogen-bond acceptors (Lipinski definition) is 4. The van der Waals surface area contributed by atoms with Crippen LogP contribution < -0.4 is 10.1 Å². The monoisotopic (exact) mass is 426 g/mol. The number of methoxy groups -OCH3 is 1. The Kier molecular flexibility index (Phi) is 6.22. The van der Waals surface area contributed by atoms with Gasteiger partial charge in [0.2, 0.25) is 15.9 Å². The maximum atomic E-state index is 13.6. The Hall–Kier alpha value is -2.16. The first-order valence-corrected chi connectivity index (χ1v) is 10.5. The zero-order chi connectivity index (χ0) is 20.3. The highest BCUT2D eigenvalue weighted by molar-refractivity contribution is 7.89. The number of piperidine rings is 1. The zero-order valence-corrected chi connectivity index (χ0v) is 16.8. The van der Waals surface area contributed by atoms with Crippen molar-refractivity contribution in [2.24, 2.45) is 5.92 Å². The van der Waals surface area contributed by atoms with Gasteiger partial charge in [-0.3, -0.25) is 4.79 Å². The number of hydrogen-bond donors (Lipinski definition) is 1. The number of nitrogens with zero attached hydrogens (tertiary/aromatic N) is 1. The second-order valence-electron chi connectivity index (χ2n) is 6.49. The molecule has 1 aliphatic heterocycles. The first-order valence-electron chi connectivity index (χ1n) is 8.71. The molecule has 0 saturated carbocycles. The number of amides is 1. The van der Waals surface area contributed by atoms with E-state index in [4.69, 9.17) is 16.3 Å². The van der Waals surface area contributed by atoms with Crippen molar-refractivity contribution in [2.75, 3.05) is 25.5 Å². The maximum absolute atomic E-state index is 13.6. The van der Waals surface area contributed by atoms with Crippen molar-refractivity contribution in [3.05, 3.63) is 53.3 Å². The van der Waals surface area contributed by atoms with Crippen LogP contribution in [0.5, 0.6) is 5.75 Å². The molecule has 6 nitrogen and oxygen atoms in total. The van der Waals surface area contributed by atoms with E-state index >= 15 is 0 Å². The molecule has 2 aromatic carbocycles. The molecule has 1 saturated heterocycles. The predicted octanol–water partition coefficient (Wildman–Crippen LogP) is 3.53. The fourth-order valence-corrected chi connectivity index (χ4v) is 4.96. The van der Waals surface area contributed by atoms with E-state index in [1.807, 2.05) is 0 Å². The minimum Gasteiger partial charge on any atom is -0.495 e. The second-order valence-corrected chi connectivity index (χ2v) is 8.84. The van der Waals surface area contributed by atoms with Crippen LogP contribution in [0.3, 0.4) is 0 Å². The number of benzene rings is 2. The highest BCUT2D eigenvalue weighted by atomic mass is 35.5. The number of ether oxygens (including phenoxy) is 1. The summed E-state index contributed by atoms with van der Waals surface area (Å²) in [6.07, 6.45) is 1.08. The van der Waals surface area contributed by atoms with Gasteiger partial charge >= 0.3 is 0 Å². The molecule has 0 aliphatic carbocycles. The number of rotatable bonds is 5. The molecule has 0 unspecified atom stereocenters. The first-order chi connectivity index (χ1) is 13.3. The van der Waals surface area contributed by atoms with E-state index in [1.54, 1.807) is 24.3 Å². The molecular weight excluding hydrogens is 407 g/mol. The van der Waals surface area contributed by atoms with Crippen LogP contribution in [-0.2, 0) is 14.8 Å². The third-order valence-electron chi connectivity index (χ3n) is 4.61. The highest BCUT2D eigenvalue weighted by Gasteiger charge is 2.35. The molecule has 0 radical (unpaired) electrons. The van der Waals surface area contributed by atoms with Gasteiger partial charge in [-0.1, -0.05) is 11.6 Å². The lowest BCUT2D eigenvalue weighted by atomic mass is 9.99. The largest absolute Gasteiger partial charge is 0.495 e. The molecule has 1 N–H and O–H groups in total. The summed E-state index contributed by atoms with van der Waals surface area (Å²) >= 11 is 5.84. The van der Waals surface area contributed by atoms with Gasteiger partial charge in [-0.15, -0.1) is 0 Å². The van der Waals surface area contributed by atoms with Crippen LogP contribution in [0.2, 0.25) is 5.02 Å². The molecule has 1 heterocycles. The Morgan fingerprint density at radius 3 is 2.64 bits per heavy atom. The SMILES string of the molecule is COc1ccc(F)cc1S(=O)(=O)N1CCC[C@@H](C(=O)Nc2ccc(Cl)cc2)C1. The minimum absolute atomic E-state index is 0.0153. The zero-order valence-electron chi connectivity index (χ0n) is 15.2. The van der Waals surface area contributed by atoms with Gasteiger partial charge in [-0.2, -0.15) is 4.31 Å². The summed E-state index contributed by atoms with van der Waals surface area (Å²) in [5, 5.41) is 3.33. The summed E-state index contributed by atoms with van der Waals surface area (Å²) < 4.78 is 46.0. The smallest absolute Gasteiger partial charge is 0.246 e. The predicted molar refractivity (Wildman–Crippen MR) is 105 cm³/mol. The van der Waals surface area contributed by atoms with E-state index in [0.29, 0.717) is 23.6 Å². The van der Waals surface area contributed by atoms with Crippen LogP contribution >= 0.6 is 11.6 Å². The average molecular weight is 427 g/mol. The lowest BCUT2D eigenvalue weighted by Crippen LogP contribution is -2.43. The van der Waals surface area contributed by atoms with E-state index in [0.717, 1.165) is 12.1 Å². The molecule has 1 atom stereocenters. The fraction of sp³-hybridized carbons (Fsp3) is 0.316. The van der Waals surface area contributed by atoms with E-state index < -0.39 is 21.8 Å². The van der Waals surface area contributed by atoms with Gasteiger partial charge in [-0.05, 0) is 55.3 Å². The number of carbonyl (C=O) groups excluding carboxylic acids is 1. The van der Waals surface area contributed by atoms with Gasteiger partial charge in [0.15, 0.2) is 0 Å². The average Bonchev–Trinajstić information content (AvgIpc) is 2.69. The van der Waals surface area contributed by atoms with Crippen LogP contribution in [0.25, 0.3) is 0 Å². The summed E-state index contributed by atoms with van der Waals surface area (Å²) in [5.74, 6) is -1.39. The Balaban J connectivity index is 1.78. The molecule has 1 fully saturated rings. The van der Waals surface area contributed by atoms with Gasteiger partial charge in [0.1, 0.15) is 16.5 Å². The van der Waals surface area contributed by atoms with E-state index in [-0.39, 0.29) is 29.6 Å². The standard InChI is InChI=1S/C19H20ClFN2O4S/c1-27-17-9-6-15(21)11-18(17)28(25,26)23-10-2-3-13(12-23)19(24)22-16-7-4-14(20)5-8-16/h4-9,11,13H,2-3,10,12H2,1H3,(H,22,24)/t13-/m1/s1. The fourth-order valence-electron chi connectivity index (χ4n) is 3.14. The third kappa shape index (κ3) is 4.45. The van der Waals surface area contributed by atoms with Gasteiger partial charge in [0.05, 0.1) is 13.0 Å². The van der Waals surface area contributed by atoms with Crippen LogP contribution in [0.4, 0.5) is 10.1 Å². The lowest BCUT2D eigenvalue weighted by Gasteiger charge is -2.31. The molecule has 0 aromatic heterocycles. The summed E-state index contributed by atoms with van der Waals surface area (Å²) in [5.41, 5.74) is 0.584. The van der Waals surface area contributed by atoms with E-state index in [9.17, 15) is 17.6 Å². The quantitative estimate of drug-likeness (QED) is 0.793. The summed E-state index contributed by atoms with van der Waals surface area (Å²) in [6, 6.07) is 10.0. The van der Waals surface area contributed by atoms with Crippen molar-refractivity contribution in [3.8, 4) is 5.75 Å². The minimum atomic E-state index is -4.00. The molecule has 9 heteroatoms. The highest BCUT2D eigenvalue weighted by Crippen LogP contribution is 2.30. The molecule has 1 amide bonds. The van der Waals surface area contributed by atoms with Crippen LogP contribution in [0.15, 0.2) is 47.4 Å². The summed E-state index contributed by atoms with van der Waals surface area (Å²) in [6.45, 7) is 0.272. The normalized spacial score (nSPS) is 17.9. The molecule has 3 rings (SSSR count). The molecule has 2 aromatic rings. The van der Waals surface area contributed by atoms with E-state index in [1.165, 1.54) is 17.5 Å². The van der Waals surface area contributed by atoms with Crippen molar-refractivity contribution >= 4 is 33.2 Å². The van der Waals surface area contributed by atoms with Gasteiger partial charge in [0, 0.05) is 23.8 Å². The molecule has 1 aliphatic rings. The van der Waals surface area contributed by atoms with E-state index in [2.05, 4.69) is 5.32 Å². The number of halogens is 2. The Morgan fingerprint density at radius 1 is 1.25 bits per heavy atom. The second kappa shape index (κ2) is 8.46. The van der Waals surface area contributed by atoms with Crippen LogP contribution in [0.1, 0.15) is 12.8 Å². The molecular formula is C19H20ClFN2O4S. The van der Waals surface area contributed by atoms with Crippen LogP contribution in [0, 0.1) is 11.7 Å². The van der Waals surface area contributed by atoms with Crippen molar-refractivity contribution in [3.63, 3.8) is 0 Å². The van der Waals surface area contributed by atoms with Crippen molar-refractivity contribution < 1.29 is 22.3 Å². The molecule has 28 heavy (non-hydrogen) atoms. The third-order valence-corrected chi connectivity index (χ3v) is 6.75. The van der Waals surface area contributed by atoms with Crippen molar-refractivity contribution in [1.29, 1.82) is 0 Å². The number of carbonyl (C=O) groups is 1. The summed E-state index contributed by atoms with van der Waals surface area (Å²) in [7, 11) is -2.68. The van der Waals surface area contributed by atoms with Gasteiger partial charge in [-0.25, -0.2) is 12.8 Å². The van der Waals surface area contributed by atoms with Crippen LogP contribution in [-0.4, -0.2) is 38.8 Å². The number of sulfonamides is 1. The molecule has 0 bridgehead atoms. The Morgan fingerprint density at radius 2 is 1.96 bits per heavy atom. The van der Waals surface area contributed by atoms with Crippen molar-refractivity contribution in [1.82, 2.24) is 4.31 Å². The van der Waals surface area contributed by atoms with Gasteiger partial charge in [0.25, 0.3) is 0 Å².